The van der Waals surface area contributed by atoms with E-state index in [0.29, 0.717) is 18.9 Å². The molecular formula is C18H26IN5O2S. The highest BCUT2D eigenvalue weighted by Gasteiger charge is 2.28. The minimum Gasteiger partial charge on any atom is -0.357 e. The van der Waals surface area contributed by atoms with Gasteiger partial charge in [-0.2, -0.15) is 5.10 Å². The van der Waals surface area contributed by atoms with Crippen molar-refractivity contribution in [1.82, 2.24) is 20.4 Å². The first-order chi connectivity index (χ1) is 12.6. The van der Waals surface area contributed by atoms with E-state index in [1.54, 1.807) is 0 Å². The predicted octanol–water partition coefficient (Wildman–Crippen LogP) is 1.77. The highest BCUT2D eigenvalue weighted by Crippen LogP contribution is 2.11. The first kappa shape index (κ1) is 21.7. The summed E-state index contributed by atoms with van der Waals surface area (Å²) in [7, 11) is -2.90. The second-order valence-corrected chi connectivity index (χ2v) is 8.61. The molecule has 2 aromatic rings. The number of hydrogen-bond donors (Lipinski definition) is 2. The summed E-state index contributed by atoms with van der Waals surface area (Å²) in [4.78, 5) is 4.56. The zero-order valence-corrected chi connectivity index (χ0v) is 18.5. The molecular weight excluding hydrogens is 477 g/mol. The minimum absolute atomic E-state index is 0. The Balaban J connectivity index is 0.00000261. The molecule has 7 nitrogen and oxygen atoms in total. The summed E-state index contributed by atoms with van der Waals surface area (Å²) in [6.07, 6.45) is 5.27. The normalized spacial score (nSPS) is 18.7. The van der Waals surface area contributed by atoms with Crippen LogP contribution in [0, 0.1) is 0 Å². The van der Waals surface area contributed by atoms with Crippen molar-refractivity contribution in [3.63, 3.8) is 0 Å². The van der Waals surface area contributed by atoms with E-state index in [9.17, 15) is 8.42 Å². The van der Waals surface area contributed by atoms with Crippen LogP contribution in [0.4, 0.5) is 0 Å². The second kappa shape index (κ2) is 10.1. The van der Waals surface area contributed by atoms with E-state index in [1.807, 2.05) is 54.3 Å². The van der Waals surface area contributed by atoms with Gasteiger partial charge in [0.15, 0.2) is 15.8 Å². The third-order valence-electron chi connectivity index (χ3n) is 4.24. The summed E-state index contributed by atoms with van der Waals surface area (Å²) in [6, 6.07) is 9.92. The smallest absolute Gasteiger partial charge is 0.191 e. The van der Waals surface area contributed by atoms with Crippen molar-refractivity contribution < 1.29 is 8.42 Å². The standard InChI is InChI=1S/C18H25N5O2S.HI/c1-2-19-18(22-16-9-11-26(24,25)14-16)20-10-8-15-12-21-23(13-15)17-6-4-3-5-7-17;/h3-7,12-13,16H,2,8-11,14H2,1H3,(H2,19,20,22);1H. The number of nitrogens with zero attached hydrogens (tertiary/aromatic N) is 3. The number of aromatic nitrogens is 2. The first-order valence-electron chi connectivity index (χ1n) is 8.90. The van der Waals surface area contributed by atoms with E-state index in [1.165, 1.54) is 0 Å². The van der Waals surface area contributed by atoms with Crippen LogP contribution in [0.25, 0.3) is 5.69 Å². The third kappa shape index (κ3) is 6.49. The summed E-state index contributed by atoms with van der Waals surface area (Å²) >= 11 is 0. The van der Waals surface area contributed by atoms with Gasteiger partial charge in [-0.15, -0.1) is 24.0 Å². The maximum atomic E-state index is 11.6. The Bertz CT molecular complexity index is 852. The lowest BCUT2D eigenvalue weighted by Gasteiger charge is -2.15. The molecule has 1 saturated heterocycles. The number of para-hydroxylation sites is 1. The van der Waals surface area contributed by atoms with Gasteiger partial charge in [0.05, 0.1) is 23.4 Å². The maximum absolute atomic E-state index is 11.6. The lowest BCUT2D eigenvalue weighted by atomic mass is 10.2. The number of nitrogens with one attached hydrogen (secondary N) is 2. The average Bonchev–Trinajstić information content (AvgIpc) is 3.22. The van der Waals surface area contributed by atoms with Gasteiger partial charge >= 0.3 is 0 Å². The quantitative estimate of drug-likeness (QED) is 0.357. The summed E-state index contributed by atoms with van der Waals surface area (Å²) < 4.78 is 25.0. The Hall–Kier alpha value is -1.62. The van der Waals surface area contributed by atoms with E-state index < -0.39 is 9.84 Å². The Morgan fingerprint density at radius 1 is 1.33 bits per heavy atom. The Morgan fingerprint density at radius 2 is 2.11 bits per heavy atom. The molecule has 0 amide bonds. The monoisotopic (exact) mass is 503 g/mol. The van der Waals surface area contributed by atoms with Crippen LogP contribution in [-0.2, 0) is 16.3 Å². The lowest BCUT2D eigenvalue weighted by Crippen LogP contribution is -2.44. The molecule has 0 spiro atoms. The highest BCUT2D eigenvalue weighted by molar-refractivity contribution is 14.0. The summed E-state index contributed by atoms with van der Waals surface area (Å²) in [6.45, 7) is 3.33. The minimum atomic E-state index is -2.90. The first-order valence-corrected chi connectivity index (χ1v) is 10.7. The lowest BCUT2D eigenvalue weighted by molar-refractivity contribution is 0.599. The van der Waals surface area contributed by atoms with Crippen LogP contribution < -0.4 is 10.6 Å². The molecule has 0 radical (unpaired) electrons. The Morgan fingerprint density at radius 3 is 2.78 bits per heavy atom. The molecule has 1 aliphatic heterocycles. The molecule has 27 heavy (non-hydrogen) atoms. The fraction of sp³-hybridized carbons (Fsp3) is 0.444. The second-order valence-electron chi connectivity index (χ2n) is 6.38. The van der Waals surface area contributed by atoms with Crippen molar-refractivity contribution in [3.8, 4) is 5.69 Å². The Kier molecular flexibility index (Phi) is 8.08. The van der Waals surface area contributed by atoms with E-state index in [4.69, 9.17) is 0 Å². The largest absolute Gasteiger partial charge is 0.357 e. The van der Waals surface area contributed by atoms with Crippen LogP contribution >= 0.6 is 24.0 Å². The van der Waals surface area contributed by atoms with Crippen molar-refractivity contribution in [2.24, 2.45) is 4.99 Å². The van der Waals surface area contributed by atoms with Crippen LogP contribution in [0.1, 0.15) is 18.9 Å². The van der Waals surface area contributed by atoms with Gasteiger partial charge in [0.1, 0.15) is 0 Å². The van der Waals surface area contributed by atoms with E-state index in [0.717, 1.165) is 24.2 Å². The number of guanidine groups is 1. The molecule has 1 unspecified atom stereocenters. The van der Waals surface area contributed by atoms with Crippen molar-refractivity contribution >= 4 is 39.8 Å². The van der Waals surface area contributed by atoms with Gasteiger partial charge in [-0.25, -0.2) is 13.1 Å². The van der Waals surface area contributed by atoms with Gasteiger partial charge in [-0.1, -0.05) is 18.2 Å². The zero-order chi connectivity index (χ0) is 18.4. The van der Waals surface area contributed by atoms with E-state index in [-0.39, 0.29) is 41.5 Å². The molecule has 0 bridgehead atoms. The molecule has 148 valence electrons. The SMILES string of the molecule is CCNC(=NCCc1cnn(-c2ccccc2)c1)NC1CCS(=O)(=O)C1.I. The van der Waals surface area contributed by atoms with Crippen LogP contribution in [0.5, 0.6) is 0 Å². The van der Waals surface area contributed by atoms with E-state index >= 15 is 0 Å². The molecule has 1 fully saturated rings. The van der Waals surface area contributed by atoms with Crippen molar-refractivity contribution in [2.45, 2.75) is 25.8 Å². The van der Waals surface area contributed by atoms with Crippen molar-refractivity contribution in [2.75, 3.05) is 24.6 Å². The number of rotatable bonds is 6. The van der Waals surface area contributed by atoms with Gasteiger partial charge in [-0.05, 0) is 37.5 Å². The van der Waals surface area contributed by atoms with Crippen LogP contribution in [0.3, 0.4) is 0 Å². The summed E-state index contributed by atoms with van der Waals surface area (Å²) in [5, 5.41) is 10.8. The predicted molar refractivity (Wildman–Crippen MR) is 119 cm³/mol. The fourth-order valence-electron chi connectivity index (χ4n) is 2.93. The number of aliphatic imine (C=N–C) groups is 1. The number of halogens is 1. The van der Waals surface area contributed by atoms with Crippen molar-refractivity contribution in [3.05, 3.63) is 48.3 Å². The average molecular weight is 503 g/mol. The molecule has 3 rings (SSSR count). The van der Waals surface area contributed by atoms with Gasteiger partial charge < -0.3 is 10.6 Å². The van der Waals surface area contributed by atoms with Crippen molar-refractivity contribution in [1.29, 1.82) is 0 Å². The van der Waals surface area contributed by atoms with Crippen LogP contribution in [0.15, 0.2) is 47.7 Å². The zero-order valence-electron chi connectivity index (χ0n) is 15.3. The molecule has 0 aliphatic carbocycles. The Labute approximate surface area is 177 Å². The van der Waals surface area contributed by atoms with Crippen LogP contribution in [0.2, 0.25) is 0 Å². The van der Waals surface area contributed by atoms with Crippen LogP contribution in [-0.4, -0.2) is 54.8 Å². The molecule has 2 N–H and O–H groups in total. The molecule has 1 atom stereocenters. The molecule has 1 aromatic carbocycles. The van der Waals surface area contributed by atoms with Gasteiger partial charge in [0, 0.05) is 25.3 Å². The molecule has 0 saturated carbocycles. The summed E-state index contributed by atoms with van der Waals surface area (Å²) in [5.74, 6) is 1.11. The fourth-order valence-corrected chi connectivity index (χ4v) is 4.60. The highest BCUT2D eigenvalue weighted by atomic mass is 127. The topological polar surface area (TPSA) is 88.4 Å². The number of hydrogen-bond acceptors (Lipinski definition) is 4. The van der Waals surface area contributed by atoms with Gasteiger partial charge in [0.25, 0.3) is 0 Å². The third-order valence-corrected chi connectivity index (χ3v) is 6.01. The molecule has 1 aromatic heterocycles. The summed E-state index contributed by atoms with van der Waals surface area (Å²) in [5.41, 5.74) is 2.14. The van der Waals surface area contributed by atoms with Gasteiger partial charge in [-0.3, -0.25) is 4.99 Å². The molecule has 1 aliphatic rings. The van der Waals surface area contributed by atoms with Gasteiger partial charge in [0.2, 0.25) is 0 Å². The number of sulfone groups is 1. The molecule has 2 heterocycles. The maximum Gasteiger partial charge on any atom is 0.191 e. The van der Waals surface area contributed by atoms with E-state index in [2.05, 4.69) is 20.7 Å². The molecule has 9 heteroatoms. The number of benzene rings is 1.